The topological polar surface area (TPSA) is 93.5 Å². The summed E-state index contributed by atoms with van der Waals surface area (Å²) in [5.74, 6) is -0.616. The Morgan fingerprint density at radius 1 is 1.14 bits per heavy atom. The lowest BCUT2D eigenvalue weighted by Gasteiger charge is -2.39. The minimum atomic E-state index is -1.44. The van der Waals surface area contributed by atoms with Gasteiger partial charge < -0.3 is 21.1 Å². The smallest absolute Gasteiger partial charge is 0.248 e. The average Bonchev–Trinajstić information content (AvgIpc) is 3.23. The van der Waals surface area contributed by atoms with Crippen LogP contribution in [0.15, 0.2) is 54.6 Å². The number of nitrogens with two attached hydrogens (primary N) is 1. The second kappa shape index (κ2) is 11.9. The molecule has 0 unspecified atom stereocenters. The molecule has 6 nitrogen and oxygen atoms in total. The van der Waals surface area contributed by atoms with Crippen LogP contribution >= 0.6 is 23.2 Å². The van der Waals surface area contributed by atoms with Gasteiger partial charge >= 0.3 is 0 Å². The van der Waals surface area contributed by atoms with Crippen LogP contribution in [0.25, 0.3) is 0 Å². The number of carbonyl (C=O) groups is 2. The van der Waals surface area contributed by atoms with Crippen molar-refractivity contribution in [2.24, 2.45) is 11.1 Å². The number of primary amides is 1. The van der Waals surface area contributed by atoms with Crippen LogP contribution in [0.3, 0.4) is 0 Å². The van der Waals surface area contributed by atoms with Crippen LogP contribution in [0.1, 0.15) is 54.6 Å². The summed E-state index contributed by atoms with van der Waals surface area (Å²) in [6.07, 6.45) is 6.76. The van der Waals surface area contributed by atoms with Crippen molar-refractivity contribution < 1.29 is 23.1 Å². The highest BCUT2D eigenvalue weighted by atomic mass is 35.5. The van der Waals surface area contributed by atoms with Crippen LogP contribution in [-0.4, -0.2) is 31.0 Å². The van der Waals surface area contributed by atoms with Gasteiger partial charge in [-0.3, -0.25) is 9.59 Å². The highest BCUT2D eigenvalue weighted by molar-refractivity contribution is 6.31. The number of halogens is 4. The number of anilines is 1. The summed E-state index contributed by atoms with van der Waals surface area (Å²) >= 11 is 12.5. The van der Waals surface area contributed by atoms with E-state index < -0.39 is 46.9 Å². The van der Waals surface area contributed by atoms with Crippen LogP contribution in [0.4, 0.5) is 14.5 Å². The Balaban J connectivity index is 1.94. The summed E-state index contributed by atoms with van der Waals surface area (Å²) in [5, 5.41) is 6.13. The van der Waals surface area contributed by atoms with E-state index in [9.17, 15) is 14.0 Å². The molecule has 0 aromatic heterocycles. The van der Waals surface area contributed by atoms with Crippen LogP contribution in [0.5, 0.6) is 5.75 Å². The summed E-state index contributed by atoms with van der Waals surface area (Å²) in [6, 6.07) is 11.0. The number of ether oxygens (including phenoxy) is 1. The average molecular weight is 615 g/mol. The number of nitrogens with one attached hydrogen (secondary N) is 2. The first kappa shape index (κ1) is 31.3. The van der Waals surface area contributed by atoms with Crippen molar-refractivity contribution in [2.75, 3.05) is 12.4 Å². The van der Waals surface area contributed by atoms with E-state index in [1.165, 1.54) is 43.5 Å². The third-order valence-corrected chi connectivity index (χ3v) is 8.00. The van der Waals surface area contributed by atoms with E-state index in [2.05, 4.69) is 16.6 Å². The SMILES string of the molecule is C#C[C@]1(c2cc(F)cc(Cl)c2)[C@H](CC(C)(C)C)N[C@@H](C(=O)Nc2ccc(C(N)=O)cc2OC)[C@@H]1c1cccc(Cl)c1F. The second-order valence-corrected chi connectivity index (χ2v) is 12.4. The van der Waals surface area contributed by atoms with Gasteiger partial charge in [-0.05, 0) is 65.4 Å². The molecule has 3 aromatic rings. The van der Waals surface area contributed by atoms with Crippen molar-refractivity contribution in [3.63, 3.8) is 0 Å². The summed E-state index contributed by atoms with van der Waals surface area (Å²) in [6.45, 7) is 6.01. The third kappa shape index (κ3) is 5.96. The lowest BCUT2D eigenvalue weighted by Crippen LogP contribution is -2.44. The lowest BCUT2D eigenvalue weighted by molar-refractivity contribution is -0.118. The van der Waals surface area contributed by atoms with E-state index in [0.717, 1.165) is 6.07 Å². The zero-order chi connectivity index (χ0) is 31.0. The van der Waals surface area contributed by atoms with Gasteiger partial charge in [0, 0.05) is 22.5 Å². The number of hydrogen-bond acceptors (Lipinski definition) is 4. The van der Waals surface area contributed by atoms with Crippen molar-refractivity contribution in [1.29, 1.82) is 0 Å². The first-order valence-corrected chi connectivity index (χ1v) is 13.9. The van der Waals surface area contributed by atoms with Gasteiger partial charge in [-0.15, -0.1) is 6.42 Å². The van der Waals surface area contributed by atoms with Crippen molar-refractivity contribution in [3.8, 4) is 18.1 Å². The highest BCUT2D eigenvalue weighted by Crippen LogP contribution is 2.52. The Morgan fingerprint density at radius 3 is 2.45 bits per heavy atom. The molecule has 1 saturated heterocycles. The molecule has 4 rings (SSSR count). The number of hydrogen-bond donors (Lipinski definition) is 3. The fourth-order valence-corrected chi connectivity index (χ4v) is 6.18. The Labute approximate surface area is 253 Å². The Hall–Kier alpha value is -3.64. The summed E-state index contributed by atoms with van der Waals surface area (Å²) in [7, 11) is 1.38. The molecule has 10 heteroatoms. The minimum absolute atomic E-state index is 0.0842. The third-order valence-electron chi connectivity index (χ3n) is 7.49. The molecule has 1 aliphatic heterocycles. The van der Waals surface area contributed by atoms with Gasteiger partial charge in [0.25, 0.3) is 0 Å². The molecule has 0 aliphatic carbocycles. The Bertz CT molecular complexity index is 1560. The van der Waals surface area contributed by atoms with Gasteiger partial charge in [-0.25, -0.2) is 8.78 Å². The summed E-state index contributed by atoms with van der Waals surface area (Å²) in [4.78, 5) is 25.8. The number of rotatable bonds is 7. The van der Waals surface area contributed by atoms with Crippen molar-refractivity contribution in [3.05, 3.63) is 93.0 Å². The van der Waals surface area contributed by atoms with E-state index >= 15 is 4.39 Å². The largest absolute Gasteiger partial charge is 0.495 e. The molecule has 1 aliphatic rings. The molecule has 4 atom stereocenters. The highest BCUT2D eigenvalue weighted by Gasteiger charge is 2.59. The molecule has 0 radical (unpaired) electrons. The normalized spacial score (nSPS) is 21.9. The maximum absolute atomic E-state index is 15.9. The Kier molecular flexibility index (Phi) is 8.89. The lowest BCUT2D eigenvalue weighted by atomic mass is 9.62. The van der Waals surface area contributed by atoms with E-state index in [-0.39, 0.29) is 38.0 Å². The first-order valence-electron chi connectivity index (χ1n) is 13.1. The molecule has 220 valence electrons. The fourth-order valence-electron chi connectivity index (χ4n) is 5.77. The van der Waals surface area contributed by atoms with Gasteiger partial charge in [0.2, 0.25) is 11.8 Å². The Morgan fingerprint density at radius 2 is 1.86 bits per heavy atom. The summed E-state index contributed by atoms with van der Waals surface area (Å²) < 4.78 is 36.1. The van der Waals surface area contributed by atoms with Crippen LogP contribution < -0.4 is 21.1 Å². The maximum Gasteiger partial charge on any atom is 0.248 e. The van der Waals surface area contributed by atoms with Crippen molar-refractivity contribution in [1.82, 2.24) is 5.32 Å². The molecule has 0 bridgehead atoms. The molecule has 0 saturated carbocycles. The van der Waals surface area contributed by atoms with Gasteiger partial charge in [0.05, 0.1) is 29.3 Å². The predicted molar refractivity (Wildman–Crippen MR) is 161 cm³/mol. The number of carbonyl (C=O) groups excluding carboxylic acids is 2. The van der Waals surface area contributed by atoms with Gasteiger partial charge in [0.15, 0.2) is 0 Å². The monoisotopic (exact) mass is 613 g/mol. The van der Waals surface area contributed by atoms with E-state index in [0.29, 0.717) is 12.0 Å². The van der Waals surface area contributed by atoms with E-state index in [4.69, 9.17) is 40.1 Å². The summed E-state index contributed by atoms with van der Waals surface area (Å²) in [5.41, 5.74) is 4.48. The zero-order valence-corrected chi connectivity index (χ0v) is 25.0. The molecular weight excluding hydrogens is 583 g/mol. The molecule has 3 aromatic carbocycles. The minimum Gasteiger partial charge on any atom is -0.495 e. The second-order valence-electron chi connectivity index (χ2n) is 11.5. The van der Waals surface area contributed by atoms with E-state index in [1.807, 2.05) is 20.8 Å². The number of methoxy groups -OCH3 is 1. The molecule has 2 amide bonds. The van der Waals surface area contributed by atoms with Gasteiger partial charge in [0.1, 0.15) is 17.4 Å². The van der Waals surface area contributed by atoms with Gasteiger partial charge in [-0.1, -0.05) is 62.0 Å². The number of benzene rings is 3. The first-order chi connectivity index (χ1) is 19.7. The molecule has 4 N–H and O–H groups in total. The quantitative estimate of drug-likeness (QED) is 0.267. The van der Waals surface area contributed by atoms with Crippen molar-refractivity contribution in [2.45, 2.75) is 50.6 Å². The van der Waals surface area contributed by atoms with Crippen molar-refractivity contribution >= 4 is 40.7 Å². The van der Waals surface area contributed by atoms with Crippen LogP contribution in [-0.2, 0) is 10.2 Å². The molecule has 42 heavy (non-hydrogen) atoms. The molecular formula is C32H31Cl2F2N3O3. The van der Waals surface area contributed by atoms with Gasteiger partial charge in [-0.2, -0.15) is 0 Å². The van der Waals surface area contributed by atoms with Crippen LogP contribution in [0, 0.1) is 29.4 Å². The number of amides is 2. The standard InChI is InChI=1S/C32H31Cl2F2N3O3/c1-6-32(18-13-19(33)15-20(35)14-18)25(16-31(2,3)4)39-28(26(32)21-8-7-9-22(34)27(21)36)30(41)38-23-11-10-17(29(37)40)12-24(23)42-5/h1,7-15,25-26,28,39H,16H2,2-5H3,(H2,37,40)(H,38,41)/t25-,26-,28+,32-/m0/s1. The fraction of sp³-hybridized carbons (Fsp3) is 0.312. The van der Waals surface area contributed by atoms with Crippen LogP contribution in [0.2, 0.25) is 10.0 Å². The molecule has 1 heterocycles. The number of terminal acetylenes is 1. The molecule has 1 fully saturated rings. The zero-order valence-electron chi connectivity index (χ0n) is 23.5. The maximum atomic E-state index is 15.9. The van der Waals surface area contributed by atoms with E-state index in [1.54, 1.807) is 12.1 Å². The predicted octanol–water partition coefficient (Wildman–Crippen LogP) is 6.45. The molecule has 0 spiro atoms.